The number of hydrogen-bond acceptors (Lipinski definition) is 3. The number of rotatable bonds is 4. The van der Waals surface area contributed by atoms with Gasteiger partial charge in [-0.1, -0.05) is 18.2 Å². The van der Waals surface area contributed by atoms with Crippen LogP contribution >= 0.6 is 11.8 Å². The number of hydrogen-bond donors (Lipinski definition) is 1. The number of amides is 2. The molecule has 2 rings (SSSR count). The highest BCUT2D eigenvalue weighted by Crippen LogP contribution is 2.36. The number of para-hydroxylation sites is 1. The summed E-state index contributed by atoms with van der Waals surface area (Å²) in [6.45, 7) is 0.855. The third kappa shape index (κ3) is 2.75. The van der Waals surface area contributed by atoms with E-state index in [0.29, 0.717) is 17.8 Å². The topological polar surface area (TPSA) is 60.9 Å². The molecule has 0 saturated carbocycles. The lowest BCUT2D eigenvalue weighted by atomic mass is 10.0. The van der Waals surface area contributed by atoms with Gasteiger partial charge in [-0.2, -0.15) is 11.8 Å². The minimum atomic E-state index is -0.889. The standard InChI is InChI=1S/C14H18N2O3S/c1-15(7-8-20-2)14(19)16-9-11(13(17)18)10-5-3-4-6-12(10)16/h3-6,11H,7-9H2,1-2H3,(H,17,18). The molecule has 1 aromatic carbocycles. The van der Waals surface area contributed by atoms with Gasteiger partial charge in [-0.05, 0) is 17.9 Å². The smallest absolute Gasteiger partial charge is 0.324 e. The Bertz CT molecular complexity index is 521. The summed E-state index contributed by atoms with van der Waals surface area (Å²) in [5.41, 5.74) is 1.42. The third-order valence-electron chi connectivity index (χ3n) is 3.45. The average Bonchev–Trinajstić information content (AvgIpc) is 2.83. The van der Waals surface area contributed by atoms with Crippen molar-refractivity contribution in [3.8, 4) is 0 Å². The fourth-order valence-corrected chi connectivity index (χ4v) is 2.79. The number of thioether (sulfide) groups is 1. The van der Waals surface area contributed by atoms with Crippen LogP contribution in [0.15, 0.2) is 24.3 Å². The fraction of sp³-hybridized carbons (Fsp3) is 0.429. The predicted molar refractivity (Wildman–Crippen MR) is 80.6 cm³/mol. The Labute approximate surface area is 122 Å². The number of carboxylic acids is 1. The molecule has 5 nitrogen and oxygen atoms in total. The molecule has 0 radical (unpaired) electrons. The number of benzene rings is 1. The van der Waals surface area contributed by atoms with Gasteiger partial charge in [0, 0.05) is 31.6 Å². The molecule has 20 heavy (non-hydrogen) atoms. The van der Waals surface area contributed by atoms with Crippen molar-refractivity contribution in [1.29, 1.82) is 0 Å². The molecule has 108 valence electrons. The zero-order chi connectivity index (χ0) is 14.7. The molecule has 0 fully saturated rings. The fourth-order valence-electron chi connectivity index (χ4n) is 2.33. The summed E-state index contributed by atoms with van der Waals surface area (Å²) in [7, 11) is 1.75. The number of fused-ring (bicyclic) bond motifs is 1. The molecular formula is C14H18N2O3S. The largest absolute Gasteiger partial charge is 0.481 e. The first kappa shape index (κ1) is 14.7. The molecule has 1 N–H and O–H groups in total. The van der Waals surface area contributed by atoms with Crippen LogP contribution in [0.4, 0.5) is 10.5 Å². The quantitative estimate of drug-likeness (QED) is 0.923. The summed E-state index contributed by atoms with van der Waals surface area (Å²) >= 11 is 1.67. The van der Waals surface area contributed by atoms with E-state index in [1.165, 1.54) is 0 Å². The van der Waals surface area contributed by atoms with Crippen LogP contribution < -0.4 is 4.90 Å². The Morgan fingerprint density at radius 3 is 2.80 bits per heavy atom. The Morgan fingerprint density at radius 2 is 2.15 bits per heavy atom. The predicted octanol–water partition coefficient (Wildman–Crippen LogP) is 2.09. The molecule has 0 bridgehead atoms. The zero-order valence-electron chi connectivity index (χ0n) is 11.6. The molecule has 1 aliphatic heterocycles. The monoisotopic (exact) mass is 294 g/mol. The van der Waals surface area contributed by atoms with E-state index in [1.54, 1.807) is 46.8 Å². The molecule has 0 aromatic heterocycles. The summed E-state index contributed by atoms with van der Waals surface area (Å²) in [4.78, 5) is 27.0. The number of carbonyl (C=O) groups excluding carboxylic acids is 1. The lowest BCUT2D eigenvalue weighted by Crippen LogP contribution is -2.42. The van der Waals surface area contributed by atoms with Crippen LogP contribution in [0.5, 0.6) is 0 Å². The number of carbonyl (C=O) groups is 2. The van der Waals surface area contributed by atoms with E-state index in [0.717, 1.165) is 5.75 Å². The van der Waals surface area contributed by atoms with Crippen molar-refractivity contribution in [2.24, 2.45) is 0 Å². The molecule has 1 aromatic rings. The Kier molecular flexibility index (Phi) is 4.54. The normalized spacial score (nSPS) is 16.9. The Morgan fingerprint density at radius 1 is 1.45 bits per heavy atom. The highest BCUT2D eigenvalue weighted by Gasteiger charge is 2.37. The van der Waals surface area contributed by atoms with Gasteiger partial charge in [-0.25, -0.2) is 4.79 Å². The van der Waals surface area contributed by atoms with E-state index in [4.69, 9.17) is 0 Å². The Hall–Kier alpha value is -1.69. The average molecular weight is 294 g/mol. The van der Waals surface area contributed by atoms with Gasteiger partial charge in [-0.15, -0.1) is 0 Å². The summed E-state index contributed by atoms with van der Waals surface area (Å²) in [5, 5.41) is 9.28. The SMILES string of the molecule is CSCCN(C)C(=O)N1CC(C(=O)O)c2ccccc21. The van der Waals surface area contributed by atoms with E-state index in [9.17, 15) is 14.7 Å². The van der Waals surface area contributed by atoms with Crippen molar-refractivity contribution in [2.75, 3.05) is 37.0 Å². The van der Waals surface area contributed by atoms with Gasteiger partial charge < -0.3 is 10.0 Å². The zero-order valence-corrected chi connectivity index (χ0v) is 12.4. The lowest BCUT2D eigenvalue weighted by molar-refractivity contribution is -0.138. The van der Waals surface area contributed by atoms with Crippen LogP contribution in [0.25, 0.3) is 0 Å². The van der Waals surface area contributed by atoms with Crippen molar-refractivity contribution in [1.82, 2.24) is 4.90 Å². The summed E-state index contributed by atoms with van der Waals surface area (Å²) < 4.78 is 0. The molecule has 0 aliphatic carbocycles. The maximum atomic E-state index is 12.4. The highest BCUT2D eigenvalue weighted by molar-refractivity contribution is 7.98. The molecule has 2 amide bonds. The van der Waals surface area contributed by atoms with Crippen molar-refractivity contribution < 1.29 is 14.7 Å². The van der Waals surface area contributed by atoms with Crippen LogP contribution in [0.3, 0.4) is 0 Å². The van der Waals surface area contributed by atoms with Crippen molar-refractivity contribution in [3.63, 3.8) is 0 Å². The first-order valence-corrected chi connectivity index (χ1v) is 7.79. The maximum Gasteiger partial charge on any atom is 0.324 e. The number of urea groups is 1. The highest BCUT2D eigenvalue weighted by atomic mass is 32.2. The second-order valence-corrected chi connectivity index (χ2v) is 5.74. The number of nitrogens with zero attached hydrogens (tertiary/aromatic N) is 2. The van der Waals surface area contributed by atoms with Gasteiger partial charge in [0.15, 0.2) is 0 Å². The minimum absolute atomic E-state index is 0.143. The lowest BCUT2D eigenvalue weighted by Gasteiger charge is -2.25. The summed E-state index contributed by atoms with van der Waals surface area (Å²) in [6.07, 6.45) is 1.99. The van der Waals surface area contributed by atoms with Gasteiger partial charge in [0.05, 0.1) is 0 Å². The number of anilines is 1. The molecule has 0 saturated heterocycles. The van der Waals surface area contributed by atoms with E-state index in [1.807, 2.05) is 12.3 Å². The molecule has 1 atom stereocenters. The third-order valence-corrected chi connectivity index (χ3v) is 4.05. The minimum Gasteiger partial charge on any atom is -0.481 e. The van der Waals surface area contributed by atoms with Crippen molar-refractivity contribution in [3.05, 3.63) is 29.8 Å². The molecule has 1 aliphatic rings. The van der Waals surface area contributed by atoms with Gasteiger partial charge >= 0.3 is 12.0 Å². The van der Waals surface area contributed by atoms with E-state index in [2.05, 4.69) is 0 Å². The van der Waals surface area contributed by atoms with E-state index >= 15 is 0 Å². The molecule has 1 heterocycles. The van der Waals surface area contributed by atoms with Crippen LogP contribution in [0.1, 0.15) is 11.5 Å². The van der Waals surface area contributed by atoms with Gasteiger partial charge in [0.2, 0.25) is 0 Å². The van der Waals surface area contributed by atoms with Crippen LogP contribution in [-0.4, -0.2) is 54.2 Å². The molecule has 1 unspecified atom stereocenters. The van der Waals surface area contributed by atoms with Crippen molar-refractivity contribution >= 4 is 29.4 Å². The van der Waals surface area contributed by atoms with E-state index in [-0.39, 0.29) is 12.6 Å². The van der Waals surface area contributed by atoms with Crippen LogP contribution in [0, 0.1) is 0 Å². The summed E-state index contributed by atoms with van der Waals surface area (Å²) in [5.74, 6) is -0.663. The first-order valence-electron chi connectivity index (χ1n) is 6.39. The van der Waals surface area contributed by atoms with Gasteiger partial charge in [-0.3, -0.25) is 9.69 Å². The molecular weight excluding hydrogens is 276 g/mol. The number of carboxylic acid groups (broad SMARTS) is 1. The summed E-state index contributed by atoms with van der Waals surface area (Å²) in [6, 6.07) is 7.07. The number of aliphatic carboxylic acids is 1. The van der Waals surface area contributed by atoms with Gasteiger partial charge in [0.25, 0.3) is 0 Å². The second-order valence-electron chi connectivity index (χ2n) is 4.76. The first-order chi connectivity index (χ1) is 9.56. The van der Waals surface area contributed by atoms with Gasteiger partial charge in [0.1, 0.15) is 5.92 Å². The van der Waals surface area contributed by atoms with Crippen molar-refractivity contribution in [2.45, 2.75) is 5.92 Å². The molecule has 6 heteroatoms. The van der Waals surface area contributed by atoms with Crippen LogP contribution in [-0.2, 0) is 4.79 Å². The van der Waals surface area contributed by atoms with E-state index < -0.39 is 11.9 Å². The van der Waals surface area contributed by atoms with Crippen LogP contribution in [0.2, 0.25) is 0 Å². The maximum absolute atomic E-state index is 12.4. The Balaban J connectivity index is 2.22. The molecule has 0 spiro atoms. The second kappa shape index (κ2) is 6.17.